The second kappa shape index (κ2) is 6.15. The van der Waals surface area contributed by atoms with Gasteiger partial charge in [-0.05, 0) is 46.3 Å². The number of nitrogens with one attached hydrogen (secondary N) is 1. The molecule has 0 aromatic heterocycles. The highest BCUT2D eigenvalue weighted by Gasteiger charge is 2.09. The number of nitrogens with two attached hydrogens (primary N) is 1. The van der Waals surface area contributed by atoms with Crippen molar-refractivity contribution in [1.29, 1.82) is 0 Å². The fourth-order valence-corrected chi connectivity index (χ4v) is 2.14. The van der Waals surface area contributed by atoms with Crippen molar-refractivity contribution in [3.8, 4) is 5.75 Å². The number of nitrogen functional groups attached to an aromatic ring is 1. The molecule has 2 aromatic carbocycles. The molecule has 0 fully saturated rings. The van der Waals surface area contributed by atoms with Crippen molar-refractivity contribution in [1.82, 2.24) is 0 Å². The average Bonchev–Trinajstić information content (AvgIpc) is 2.42. The molecule has 0 atom stereocenters. The van der Waals surface area contributed by atoms with Crippen molar-refractivity contribution in [2.24, 2.45) is 0 Å². The fraction of sp³-hybridized carbons (Fsp3) is 0.0714. The second-order valence-electron chi connectivity index (χ2n) is 4.08. The molecule has 0 radical (unpaired) electrons. The molecule has 2 aromatic rings. The van der Waals surface area contributed by atoms with Crippen molar-refractivity contribution >= 4 is 44.8 Å². The van der Waals surface area contributed by atoms with Gasteiger partial charge in [0, 0.05) is 27.5 Å². The van der Waals surface area contributed by atoms with E-state index in [-0.39, 0.29) is 5.91 Å². The molecule has 4 nitrogen and oxygen atoms in total. The van der Waals surface area contributed by atoms with E-state index in [1.54, 1.807) is 36.4 Å². The van der Waals surface area contributed by atoms with Crippen molar-refractivity contribution < 1.29 is 9.53 Å². The lowest BCUT2D eigenvalue weighted by molar-refractivity contribution is 0.102. The summed E-state index contributed by atoms with van der Waals surface area (Å²) in [5.41, 5.74) is 7.25. The number of hydrogen-bond acceptors (Lipinski definition) is 3. The molecule has 0 heterocycles. The SMILES string of the molecule is COc1cc(N)cc(C(=O)Nc2ccc(Cl)c(Br)c2)c1. The van der Waals surface area contributed by atoms with Gasteiger partial charge in [-0.25, -0.2) is 0 Å². The zero-order chi connectivity index (χ0) is 14.7. The van der Waals surface area contributed by atoms with Gasteiger partial charge in [0.25, 0.3) is 5.91 Å². The Hall–Kier alpha value is -1.72. The number of benzene rings is 2. The van der Waals surface area contributed by atoms with E-state index in [0.717, 1.165) is 0 Å². The highest BCUT2D eigenvalue weighted by atomic mass is 79.9. The highest BCUT2D eigenvalue weighted by Crippen LogP contribution is 2.26. The molecule has 1 amide bonds. The summed E-state index contributed by atoms with van der Waals surface area (Å²) in [4.78, 5) is 12.2. The maximum absolute atomic E-state index is 12.2. The first-order chi connectivity index (χ1) is 9.49. The summed E-state index contributed by atoms with van der Waals surface area (Å²) in [6.07, 6.45) is 0. The Balaban J connectivity index is 2.23. The zero-order valence-electron chi connectivity index (χ0n) is 10.6. The summed E-state index contributed by atoms with van der Waals surface area (Å²) in [6.45, 7) is 0. The van der Waals surface area contributed by atoms with Gasteiger partial charge in [-0.15, -0.1) is 0 Å². The van der Waals surface area contributed by atoms with Crippen LogP contribution in [0.5, 0.6) is 5.75 Å². The van der Waals surface area contributed by atoms with Crippen LogP contribution in [-0.2, 0) is 0 Å². The smallest absolute Gasteiger partial charge is 0.255 e. The monoisotopic (exact) mass is 354 g/mol. The third-order valence-electron chi connectivity index (χ3n) is 2.60. The molecule has 2 rings (SSSR count). The van der Waals surface area contributed by atoms with E-state index in [4.69, 9.17) is 22.1 Å². The molecule has 0 saturated heterocycles. The minimum absolute atomic E-state index is 0.273. The van der Waals surface area contributed by atoms with Gasteiger partial charge in [0.1, 0.15) is 5.75 Å². The van der Waals surface area contributed by atoms with Crippen molar-refractivity contribution in [3.63, 3.8) is 0 Å². The van der Waals surface area contributed by atoms with E-state index in [0.29, 0.717) is 32.2 Å². The number of carbonyl (C=O) groups is 1. The first kappa shape index (κ1) is 14.7. The lowest BCUT2D eigenvalue weighted by Gasteiger charge is -2.09. The summed E-state index contributed by atoms with van der Waals surface area (Å²) < 4.78 is 5.80. The molecule has 0 spiro atoms. The van der Waals surface area contributed by atoms with Crippen LogP contribution in [0.4, 0.5) is 11.4 Å². The van der Waals surface area contributed by atoms with Crippen LogP contribution < -0.4 is 15.8 Å². The van der Waals surface area contributed by atoms with E-state index in [2.05, 4.69) is 21.2 Å². The Kier molecular flexibility index (Phi) is 4.52. The van der Waals surface area contributed by atoms with Gasteiger partial charge in [0.05, 0.1) is 12.1 Å². The van der Waals surface area contributed by atoms with Crippen LogP contribution in [0.1, 0.15) is 10.4 Å². The van der Waals surface area contributed by atoms with Crippen LogP contribution in [-0.4, -0.2) is 13.0 Å². The largest absolute Gasteiger partial charge is 0.497 e. The fourth-order valence-electron chi connectivity index (χ4n) is 1.65. The van der Waals surface area contributed by atoms with E-state index in [9.17, 15) is 4.79 Å². The normalized spacial score (nSPS) is 10.2. The molecular weight excluding hydrogens is 344 g/mol. The first-order valence-corrected chi connectivity index (χ1v) is 6.87. The number of amides is 1. The number of anilines is 2. The number of halogens is 2. The Bertz CT molecular complexity index is 662. The third kappa shape index (κ3) is 3.43. The second-order valence-corrected chi connectivity index (χ2v) is 5.34. The molecule has 0 aliphatic heterocycles. The molecular formula is C14H12BrClN2O2. The standard InChI is InChI=1S/C14H12BrClN2O2/c1-20-11-5-8(4-9(17)6-11)14(19)18-10-2-3-13(16)12(15)7-10/h2-7H,17H2,1H3,(H,18,19). The van der Waals surface area contributed by atoms with Gasteiger partial charge < -0.3 is 15.8 Å². The van der Waals surface area contributed by atoms with Gasteiger partial charge in [-0.1, -0.05) is 11.6 Å². The summed E-state index contributed by atoms with van der Waals surface area (Å²) in [5, 5.41) is 3.34. The number of hydrogen-bond donors (Lipinski definition) is 2. The maximum atomic E-state index is 12.2. The van der Waals surface area contributed by atoms with Crippen LogP contribution in [0.15, 0.2) is 40.9 Å². The van der Waals surface area contributed by atoms with Crippen LogP contribution in [0.2, 0.25) is 5.02 Å². The Morgan fingerprint density at radius 3 is 2.70 bits per heavy atom. The van der Waals surface area contributed by atoms with Crippen molar-refractivity contribution in [3.05, 3.63) is 51.5 Å². The first-order valence-electron chi connectivity index (χ1n) is 5.70. The minimum Gasteiger partial charge on any atom is -0.497 e. The van der Waals surface area contributed by atoms with E-state index in [1.807, 2.05) is 0 Å². The highest BCUT2D eigenvalue weighted by molar-refractivity contribution is 9.10. The number of methoxy groups -OCH3 is 1. The molecule has 0 saturated carbocycles. The van der Waals surface area contributed by atoms with E-state index >= 15 is 0 Å². The number of ether oxygens (including phenoxy) is 1. The average molecular weight is 356 g/mol. The molecule has 0 aliphatic carbocycles. The molecule has 6 heteroatoms. The van der Waals surface area contributed by atoms with Crippen LogP contribution in [0, 0.1) is 0 Å². The molecule has 20 heavy (non-hydrogen) atoms. The minimum atomic E-state index is -0.273. The van der Waals surface area contributed by atoms with Crippen molar-refractivity contribution in [2.45, 2.75) is 0 Å². The number of carbonyl (C=O) groups excluding carboxylic acids is 1. The van der Waals surface area contributed by atoms with Crippen LogP contribution in [0.25, 0.3) is 0 Å². The Morgan fingerprint density at radius 1 is 1.30 bits per heavy atom. The van der Waals surface area contributed by atoms with Gasteiger partial charge in [0.15, 0.2) is 0 Å². The quantitative estimate of drug-likeness (QED) is 0.820. The lowest BCUT2D eigenvalue weighted by Crippen LogP contribution is -2.12. The summed E-state index contributed by atoms with van der Waals surface area (Å²) >= 11 is 9.21. The Morgan fingerprint density at radius 2 is 2.05 bits per heavy atom. The van der Waals surface area contributed by atoms with Crippen molar-refractivity contribution in [2.75, 3.05) is 18.2 Å². The van der Waals surface area contributed by atoms with Crippen LogP contribution in [0.3, 0.4) is 0 Å². The Labute approximate surface area is 130 Å². The zero-order valence-corrected chi connectivity index (χ0v) is 13.0. The van der Waals surface area contributed by atoms with Crippen LogP contribution >= 0.6 is 27.5 Å². The van der Waals surface area contributed by atoms with Gasteiger partial charge >= 0.3 is 0 Å². The predicted molar refractivity (Wildman–Crippen MR) is 84.5 cm³/mol. The maximum Gasteiger partial charge on any atom is 0.255 e. The van der Waals surface area contributed by atoms with E-state index in [1.165, 1.54) is 7.11 Å². The molecule has 3 N–H and O–H groups in total. The molecule has 0 aliphatic rings. The third-order valence-corrected chi connectivity index (χ3v) is 3.82. The van der Waals surface area contributed by atoms with Gasteiger partial charge in [0.2, 0.25) is 0 Å². The number of rotatable bonds is 3. The molecule has 104 valence electrons. The van der Waals surface area contributed by atoms with Gasteiger partial charge in [-0.2, -0.15) is 0 Å². The summed E-state index contributed by atoms with van der Waals surface area (Å²) in [5.74, 6) is 0.261. The predicted octanol–water partition coefficient (Wildman–Crippen LogP) is 3.95. The summed E-state index contributed by atoms with van der Waals surface area (Å²) in [6, 6.07) is 9.99. The molecule has 0 bridgehead atoms. The summed E-state index contributed by atoms with van der Waals surface area (Å²) in [7, 11) is 1.52. The molecule has 0 unspecified atom stereocenters. The van der Waals surface area contributed by atoms with E-state index < -0.39 is 0 Å². The van der Waals surface area contributed by atoms with Gasteiger partial charge in [-0.3, -0.25) is 4.79 Å². The topological polar surface area (TPSA) is 64.3 Å². The lowest BCUT2D eigenvalue weighted by atomic mass is 10.1.